The zero-order chi connectivity index (χ0) is 22.1. The lowest BCUT2D eigenvalue weighted by molar-refractivity contribution is -0.252. The molecule has 0 radical (unpaired) electrons. The third-order valence-corrected chi connectivity index (χ3v) is 6.96. The lowest BCUT2D eigenvalue weighted by Crippen LogP contribution is -2.63. The molecule has 1 fully saturated rings. The summed E-state index contributed by atoms with van der Waals surface area (Å²) >= 11 is 4.21. The maximum atomic E-state index is 13.6. The zero-order valence-corrected chi connectivity index (χ0v) is 18.2. The number of aromatic nitrogens is 1. The second kappa shape index (κ2) is 8.81. The van der Waals surface area contributed by atoms with Crippen molar-refractivity contribution in [2.45, 2.75) is 43.8 Å². The van der Waals surface area contributed by atoms with Gasteiger partial charge in [0.15, 0.2) is 6.10 Å². The van der Waals surface area contributed by atoms with Crippen molar-refractivity contribution in [3.05, 3.63) is 50.9 Å². The van der Waals surface area contributed by atoms with Gasteiger partial charge in [-0.05, 0) is 34.8 Å². The Kier molecular flexibility index (Phi) is 6.75. The second-order valence-corrected chi connectivity index (χ2v) is 8.87. The minimum absolute atomic E-state index is 0.132. The van der Waals surface area contributed by atoms with Crippen molar-refractivity contribution in [2.24, 2.45) is 5.92 Å². The molecule has 0 saturated carbocycles. The van der Waals surface area contributed by atoms with Gasteiger partial charge in [0.25, 0.3) is 0 Å². The van der Waals surface area contributed by atoms with E-state index in [0.29, 0.717) is 10.2 Å². The molecule has 11 heteroatoms. The molecule has 4 atom stereocenters. The summed E-state index contributed by atoms with van der Waals surface area (Å²) in [5.41, 5.74) is -1.23. The summed E-state index contributed by atoms with van der Waals surface area (Å²) in [6.45, 7) is 1.05. The molecule has 1 aliphatic rings. The number of nitrogens with zero attached hydrogens (tertiary/aromatic N) is 2. The average Bonchev–Trinajstić information content (AvgIpc) is 3.12. The van der Waals surface area contributed by atoms with Crippen molar-refractivity contribution < 1.29 is 32.9 Å². The van der Waals surface area contributed by atoms with Gasteiger partial charge in [-0.2, -0.15) is 13.2 Å². The zero-order valence-electron chi connectivity index (χ0n) is 15.8. The Hall–Kier alpha value is -1.69. The van der Waals surface area contributed by atoms with Crippen LogP contribution in [-0.2, 0) is 16.8 Å². The van der Waals surface area contributed by atoms with Gasteiger partial charge in [0.05, 0.1) is 19.3 Å². The summed E-state index contributed by atoms with van der Waals surface area (Å²) in [5.74, 6) is -1.50. The van der Waals surface area contributed by atoms with Gasteiger partial charge in [-0.3, -0.25) is 4.90 Å². The maximum absolute atomic E-state index is 13.6. The van der Waals surface area contributed by atoms with Crippen molar-refractivity contribution in [2.75, 3.05) is 6.61 Å². The van der Waals surface area contributed by atoms with Crippen LogP contribution in [0.5, 0.6) is 0 Å². The molecule has 1 amide bonds. The number of ether oxygens (including phenoxy) is 1. The van der Waals surface area contributed by atoms with Crippen molar-refractivity contribution in [3.8, 4) is 0 Å². The lowest BCUT2D eigenvalue weighted by atomic mass is 9.74. The van der Waals surface area contributed by atoms with Crippen LogP contribution in [0.3, 0.4) is 0 Å². The Bertz CT molecular complexity index is 882. The molecule has 1 saturated heterocycles. The number of benzene rings is 1. The van der Waals surface area contributed by atoms with E-state index in [1.165, 1.54) is 0 Å². The molecule has 1 aromatic carbocycles. The molecular weight excluding hydrogens is 489 g/mol. The quantitative estimate of drug-likeness (QED) is 0.615. The van der Waals surface area contributed by atoms with Crippen LogP contribution < -0.4 is 0 Å². The van der Waals surface area contributed by atoms with Crippen LogP contribution in [0.1, 0.15) is 23.9 Å². The highest BCUT2D eigenvalue weighted by atomic mass is 79.9. The molecule has 0 aliphatic carbocycles. The summed E-state index contributed by atoms with van der Waals surface area (Å²) in [4.78, 5) is 17.5. The van der Waals surface area contributed by atoms with Gasteiger partial charge in [-0.15, -0.1) is 11.3 Å². The van der Waals surface area contributed by atoms with E-state index >= 15 is 0 Å². The minimum atomic E-state index is -4.93. The van der Waals surface area contributed by atoms with Crippen LogP contribution in [0.25, 0.3) is 0 Å². The number of carbonyl (C=O) groups is 1. The van der Waals surface area contributed by atoms with Crippen LogP contribution in [0.2, 0.25) is 0 Å². The number of amides is 1. The Balaban J connectivity index is 2.19. The number of aliphatic hydroxyl groups is 1. The fourth-order valence-electron chi connectivity index (χ4n) is 3.83. The molecule has 1 aromatic heterocycles. The molecule has 1 aliphatic heterocycles. The van der Waals surface area contributed by atoms with Crippen LogP contribution in [0.15, 0.2) is 40.3 Å². The standard InChI is InChI=1S/C19H20BrF3N2O4S/c1-11-7-13(15(26)19(21,22)23)18(10-29-11,16-24-14(20)9-30-16)25(17(27)28)8-12-5-3-2-4-6-12/h2-6,9,11,13,15,26H,7-8,10H2,1H3,(H,27,28)/t11-,13-,15+,18-/m0/s1. The molecule has 2 heterocycles. The normalized spacial score (nSPS) is 25.7. The summed E-state index contributed by atoms with van der Waals surface area (Å²) < 4.78 is 47.0. The van der Waals surface area contributed by atoms with E-state index in [2.05, 4.69) is 20.9 Å². The Morgan fingerprint density at radius 2 is 2.10 bits per heavy atom. The average molecular weight is 509 g/mol. The van der Waals surface area contributed by atoms with E-state index in [4.69, 9.17) is 4.74 Å². The number of alkyl halides is 3. The van der Waals surface area contributed by atoms with Crippen molar-refractivity contribution >= 4 is 33.4 Å². The van der Waals surface area contributed by atoms with Crippen LogP contribution in [0.4, 0.5) is 18.0 Å². The monoisotopic (exact) mass is 508 g/mol. The first-order valence-corrected chi connectivity index (χ1v) is 10.8. The highest BCUT2D eigenvalue weighted by Gasteiger charge is 2.60. The van der Waals surface area contributed by atoms with Crippen molar-refractivity contribution in [3.63, 3.8) is 0 Å². The fraction of sp³-hybridized carbons (Fsp3) is 0.474. The number of carboxylic acid groups (broad SMARTS) is 1. The van der Waals surface area contributed by atoms with Gasteiger partial charge < -0.3 is 14.9 Å². The largest absolute Gasteiger partial charge is 0.465 e. The first-order chi connectivity index (χ1) is 14.1. The van der Waals surface area contributed by atoms with Gasteiger partial charge in [-0.25, -0.2) is 9.78 Å². The number of halogens is 4. The number of hydrogen-bond donors (Lipinski definition) is 2. The summed E-state index contributed by atoms with van der Waals surface area (Å²) in [6.07, 6.45) is -9.88. The molecule has 2 aromatic rings. The first-order valence-electron chi connectivity index (χ1n) is 9.08. The molecule has 0 unspecified atom stereocenters. The predicted octanol–water partition coefficient (Wildman–Crippen LogP) is 4.63. The van der Waals surface area contributed by atoms with Crippen molar-refractivity contribution in [1.82, 2.24) is 9.88 Å². The smallest absolute Gasteiger partial charge is 0.414 e. The van der Waals surface area contributed by atoms with E-state index in [0.717, 1.165) is 16.2 Å². The number of rotatable bonds is 5. The van der Waals surface area contributed by atoms with Gasteiger partial charge in [0.1, 0.15) is 15.1 Å². The van der Waals surface area contributed by atoms with Crippen molar-refractivity contribution in [1.29, 1.82) is 0 Å². The number of hydrogen-bond acceptors (Lipinski definition) is 5. The SMILES string of the molecule is C[C@H]1C[C@@H]([C@@H](O)C(F)(F)F)[C@@](c2nc(Br)cs2)(N(Cc2ccccc2)C(=O)O)CO1. The van der Waals surface area contributed by atoms with Gasteiger partial charge in [0.2, 0.25) is 0 Å². The highest BCUT2D eigenvalue weighted by molar-refractivity contribution is 9.10. The summed E-state index contributed by atoms with van der Waals surface area (Å²) in [7, 11) is 0. The van der Waals surface area contributed by atoms with Gasteiger partial charge in [-0.1, -0.05) is 30.3 Å². The van der Waals surface area contributed by atoms with E-state index in [1.54, 1.807) is 42.6 Å². The second-order valence-electron chi connectivity index (χ2n) is 7.20. The third-order valence-electron chi connectivity index (χ3n) is 5.25. The van der Waals surface area contributed by atoms with E-state index < -0.39 is 35.9 Å². The van der Waals surface area contributed by atoms with Crippen LogP contribution >= 0.6 is 27.3 Å². The molecule has 6 nitrogen and oxygen atoms in total. The molecule has 2 N–H and O–H groups in total. The maximum Gasteiger partial charge on any atom is 0.414 e. The summed E-state index contributed by atoms with van der Waals surface area (Å²) in [6, 6.07) is 8.54. The van der Waals surface area contributed by atoms with Gasteiger partial charge in [0, 0.05) is 11.3 Å². The molecule has 0 bridgehead atoms. The van der Waals surface area contributed by atoms with E-state index in [9.17, 15) is 28.2 Å². The molecule has 164 valence electrons. The molecule has 0 spiro atoms. The molecule has 3 rings (SSSR count). The van der Waals surface area contributed by atoms with Gasteiger partial charge >= 0.3 is 12.3 Å². The predicted molar refractivity (Wildman–Crippen MR) is 107 cm³/mol. The number of thiazole rings is 1. The van der Waals surface area contributed by atoms with Crippen LogP contribution in [0, 0.1) is 5.92 Å². The Morgan fingerprint density at radius 1 is 1.43 bits per heavy atom. The lowest BCUT2D eigenvalue weighted by Gasteiger charge is -2.51. The summed E-state index contributed by atoms with van der Waals surface area (Å²) in [5, 5.41) is 22.1. The molecular formula is C19H20BrF3N2O4S. The topological polar surface area (TPSA) is 82.9 Å². The van der Waals surface area contributed by atoms with Crippen LogP contribution in [-0.4, -0.2) is 51.2 Å². The molecule has 30 heavy (non-hydrogen) atoms. The third kappa shape index (κ3) is 4.48. The highest BCUT2D eigenvalue weighted by Crippen LogP contribution is 2.49. The fourth-order valence-corrected chi connectivity index (χ4v) is 5.34. The first kappa shape index (κ1) is 23.0. The number of aliphatic hydroxyl groups excluding tert-OH is 1. The Labute approximate surface area is 183 Å². The minimum Gasteiger partial charge on any atom is -0.465 e. The van der Waals surface area contributed by atoms with E-state index in [1.807, 2.05) is 0 Å². The Morgan fingerprint density at radius 3 is 2.63 bits per heavy atom. The van der Waals surface area contributed by atoms with E-state index in [-0.39, 0.29) is 24.6 Å².